The van der Waals surface area contributed by atoms with E-state index < -0.39 is 0 Å². The van der Waals surface area contributed by atoms with Crippen molar-refractivity contribution in [3.8, 4) is 0 Å². The largest absolute Gasteiger partial charge is 0.309 e. The standard InChI is InChI=1S/C12H23ClN2/c1-4-15-7-5-6-12(9-15)11(3)14-8-10(2)13/h11-12,14H,2,4-9H2,1,3H3. The van der Waals surface area contributed by atoms with Crippen molar-refractivity contribution < 1.29 is 0 Å². The first-order valence-corrected chi connectivity index (χ1v) is 6.30. The predicted molar refractivity (Wildman–Crippen MR) is 67.3 cm³/mol. The van der Waals surface area contributed by atoms with Gasteiger partial charge < -0.3 is 10.2 Å². The number of nitrogens with one attached hydrogen (secondary N) is 1. The molecule has 0 spiro atoms. The van der Waals surface area contributed by atoms with Crippen LogP contribution in [0, 0.1) is 5.92 Å². The van der Waals surface area contributed by atoms with Crippen LogP contribution in [-0.4, -0.2) is 37.1 Å². The molecule has 1 rings (SSSR count). The maximum absolute atomic E-state index is 5.75. The summed E-state index contributed by atoms with van der Waals surface area (Å²) in [7, 11) is 0. The lowest BCUT2D eigenvalue weighted by Gasteiger charge is -2.35. The summed E-state index contributed by atoms with van der Waals surface area (Å²) in [6.45, 7) is 12.6. The SMILES string of the molecule is C=C(Cl)CNC(C)C1CCCN(CC)C1. The van der Waals surface area contributed by atoms with Gasteiger partial charge in [-0.25, -0.2) is 0 Å². The zero-order chi connectivity index (χ0) is 11.3. The van der Waals surface area contributed by atoms with E-state index in [-0.39, 0.29) is 0 Å². The van der Waals surface area contributed by atoms with E-state index in [2.05, 4.69) is 30.6 Å². The van der Waals surface area contributed by atoms with Gasteiger partial charge in [-0.2, -0.15) is 0 Å². The van der Waals surface area contributed by atoms with Crippen molar-refractivity contribution in [3.05, 3.63) is 11.6 Å². The first-order valence-electron chi connectivity index (χ1n) is 5.92. The number of piperidine rings is 1. The van der Waals surface area contributed by atoms with E-state index in [1.807, 2.05) is 0 Å². The molecular formula is C12H23ClN2. The van der Waals surface area contributed by atoms with Crippen LogP contribution in [-0.2, 0) is 0 Å². The predicted octanol–water partition coefficient (Wildman–Crippen LogP) is 2.45. The molecule has 1 heterocycles. The van der Waals surface area contributed by atoms with Crippen LogP contribution in [0.5, 0.6) is 0 Å². The van der Waals surface area contributed by atoms with E-state index in [9.17, 15) is 0 Å². The average molecular weight is 231 g/mol. The quantitative estimate of drug-likeness (QED) is 0.781. The molecule has 0 aromatic carbocycles. The van der Waals surface area contributed by atoms with Crippen LogP contribution in [0.4, 0.5) is 0 Å². The molecule has 15 heavy (non-hydrogen) atoms. The van der Waals surface area contributed by atoms with Gasteiger partial charge in [0, 0.05) is 24.2 Å². The fourth-order valence-electron chi connectivity index (χ4n) is 2.23. The number of nitrogens with zero attached hydrogens (tertiary/aromatic N) is 1. The number of halogens is 1. The van der Waals surface area contributed by atoms with Crippen LogP contribution in [0.2, 0.25) is 0 Å². The molecule has 2 atom stereocenters. The van der Waals surface area contributed by atoms with Crippen LogP contribution >= 0.6 is 11.6 Å². The Labute approximate surface area is 98.7 Å². The summed E-state index contributed by atoms with van der Waals surface area (Å²) in [5.41, 5.74) is 0. The van der Waals surface area contributed by atoms with Gasteiger partial charge in [0.2, 0.25) is 0 Å². The average Bonchev–Trinajstić information content (AvgIpc) is 2.26. The summed E-state index contributed by atoms with van der Waals surface area (Å²) >= 11 is 5.75. The zero-order valence-electron chi connectivity index (χ0n) is 9.93. The monoisotopic (exact) mass is 230 g/mol. The lowest BCUT2D eigenvalue weighted by molar-refractivity contribution is 0.158. The van der Waals surface area contributed by atoms with Gasteiger partial charge >= 0.3 is 0 Å². The highest BCUT2D eigenvalue weighted by atomic mass is 35.5. The molecule has 1 N–H and O–H groups in total. The van der Waals surface area contributed by atoms with Crippen molar-refractivity contribution in [3.63, 3.8) is 0 Å². The minimum atomic E-state index is 0.537. The van der Waals surface area contributed by atoms with Gasteiger partial charge in [-0.3, -0.25) is 0 Å². The molecule has 88 valence electrons. The Kier molecular flexibility index (Phi) is 5.65. The minimum Gasteiger partial charge on any atom is -0.309 e. The summed E-state index contributed by atoms with van der Waals surface area (Å²) in [4.78, 5) is 2.53. The van der Waals surface area contributed by atoms with Gasteiger partial charge in [-0.15, -0.1) is 0 Å². The van der Waals surface area contributed by atoms with Gasteiger partial charge in [-0.05, 0) is 38.8 Å². The molecule has 0 amide bonds. The molecule has 0 saturated carbocycles. The van der Waals surface area contributed by atoms with Crippen LogP contribution < -0.4 is 5.32 Å². The molecule has 2 unspecified atom stereocenters. The Balaban J connectivity index is 2.31. The Hall–Kier alpha value is -0.0500. The highest BCUT2D eigenvalue weighted by molar-refractivity contribution is 6.29. The summed E-state index contributed by atoms with van der Waals surface area (Å²) in [6.07, 6.45) is 2.66. The van der Waals surface area contributed by atoms with Gasteiger partial charge in [0.05, 0.1) is 0 Å². The maximum Gasteiger partial charge on any atom is 0.0310 e. The molecule has 1 aliphatic rings. The van der Waals surface area contributed by atoms with Crippen molar-refractivity contribution in [1.29, 1.82) is 0 Å². The summed E-state index contributed by atoms with van der Waals surface area (Å²) in [6, 6.07) is 0.537. The number of hydrogen-bond acceptors (Lipinski definition) is 2. The van der Waals surface area contributed by atoms with Crippen LogP contribution in [0.25, 0.3) is 0 Å². The van der Waals surface area contributed by atoms with Gasteiger partial charge in [0.1, 0.15) is 0 Å². The highest BCUT2D eigenvalue weighted by Gasteiger charge is 2.23. The lowest BCUT2D eigenvalue weighted by atomic mass is 9.91. The van der Waals surface area contributed by atoms with Crippen molar-refractivity contribution in [1.82, 2.24) is 10.2 Å². The molecule has 1 saturated heterocycles. The van der Waals surface area contributed by atoms with Crippen molar-refractivity contribution in [2.75, 3.05) is 26.2 Å². The Morgan fingerprint density at radius 3 is 3.00 bits per heavy atom. The first-order chi connectivity index (χ1) is 7.13. The molecule has 0 aliphatic carbocycles. The fraction of sp³-hybridized carbons (Fsp3) is 0.833. The van der Waals surface area contributed by atoms with Crippen molar-refractivity contribution in [2.45, 2.75) is 32.7 Å². The van der Waals surface area contributed by atoms with Crippen LogP contribution in [0.15, 0.2) is 11.6 Å². The second-order valence-corrected chi connectivity index (χ2v) is 5.02. The zero-order valence-corrected chi connectivity index (χ0v) is 10.7. The second-order valence-electron chi connectivity index (χ2n) is 4.48. The Morgan fingerprint density at radius 1 is 1.67 bits per heavy atom. The molecule has 1 fully saturated rings. The minimum absolute atomic E-state index is 0.537. The van der Waals surface area contributed by atoms with Crippen molar-refractivity contribution >= 4 is 11.6 Å². The van der Waals surface area contributed by atoms with Gasteiger partial charge in [0.15, 0.2) is 0 Å². The van der Waals surface area contributed by atoms with Gasteiger partial charge in [-0.1, -0.05) is 25.1 Å². The summed E-state index contributed by atoms with van der Waals surface area (Å²) in [5, 5.41) is 4.14. The molecule has 2 nitrogen and oxygen atoms in total. The lowest BCUT2D eigenvalue weighted by Crippen LogP contribution is -2.44. The molecule has 1 aliphatic heterocycles. The van der Waals surface area contributed by atoms with Gasteiger partial charge in [0.25, 0.3) is 0 Å². The van der Waals surface area contributed by atoms with E-state index in [4.69, 9.17) is 11.6 Å². The molecule has 0 bridgehead atoms. The van der Waals surface area contributed by atoms with E-state index >= 15 is 0 Å². The fourth-order valence-corrected chi connectivity index (χ4v) is 2.30. The summed E-state index contributed by atoms with van der Waals surface area (Å²) in [5.74, 6) is 0.759. The van der Waals surface area contributed by atoms with Crippen LogP contribution in [0.1, 0.15) is 26.7 Å². The van der Waals surface area contributed by atoms with E-state index in [0.717, 1.165) is 12.5 Å². The molecular weight excluding hydrogens is 208 g/mol. The van der Waals surface area contributed by atoms with E-state index in [1.165, 1.54) is 32.5 Å². The van der Waals surface area contributed by atoms with E-state index in [0.29, 0.717) is 11.1 Å². The highest BCUT2D eigenvalue weighted by Crippen LogP contribution is 2.19. The normalized spacial score (nSPS) is 25.1. The van der Waals surface area contributed by atoms with Crippen molar-refractivity contribution in [2.24, 2.45) is 5.92 Å². The number of rotatable bonds is 5. The smallest absolute Gasteiger partial charge is 0.0310 e. The molecule has 0 aromatic heterocycles. The number of likely N-dealkylation sites (tertiary alicyclic amines) is 1. The second kappa shape index (κ2) is 6.51. The molecule has 0 aromatic rings. The van der Waals surface area contributed by atoms with E-state index in [1.54, 1.807) is 0 Å². The number of hydrogen-bond donors (Lipinski definition) is 1. The third-order valence-corrected chi connectivity index (χ3v) is 3.45. The molecule has 0 radical (unpaired) electrons. The third-order valence-electron chi connectivity index (χ3n) is 3.31. The molecule has 3 heteroatoms. The first kappa shape index (κ1) is 13.0. The summed E-state index contributed by atoms with van der Waals surface area (Å²) < 4.78 is 0. The Bertz CT molecular complexity index is 206. The third kappa shape index (κ3) is 4.54. The van der Waals surface area contributed by atoms with Crippen LogP contribution in [0.3, 0.4) is 0 Å². The topological polar surface area (TPSA) is 15.3 Å². The Morgan fingerprint density at radius 2 is 2.40 bits per heavy atom. The maximum atomic E-state index is 5.75.